The van der Waals surface area contributed by atoms with Gasteiger partial charge < -0.3 is 0 Å². The first kappa shape index (κ1) is 16.4. The second-order valence-electron chi connectivity index (χ2n) is 5.06. The van der Waals surface area contributed by atoms with Gasteiger partial charge in [0.05, 0.1) is 0 Å². The van der Waals surface area contributed by atoms with Crippen LogP contribution in [0.3, 0.4) is 0 Å². The predicted octanol–water partition coefficient (Wildman–Crippen LogP) is 4.03. The quantitative estimate of drug-likeness (QED) is 0.861. The van der Waals surface area contributed by atoms with Gasteiger partial charge in [0.2, 0.25) is 0 Å². The van der Waals surface area contributed by atoms with Gasteiger partial charge in [0.15, 0.2) is 17.5 Å². The summed E-state index contributed by atoms with van der Waals surface area (Å²) in [6.45, 7) is 3.87. The average Bonchev–Trinajstić information content (AvgIpc) is 2.44. The largest absolute Gasteiger partial charge is 0.280 e. The van der Waals surface area contributed by atoms with Crippen molar-refractivity contribution in [2.75, 3.05) is 4.72 Å². The molecular weight excluding hydrogens is 315 g/mol. The molecular formula is C15H14F3NO2S. The van der Waals surface area contributed by atoms with E-state index in [9.17, 15) is 21.6 Å². The Morgan fingerprint density at radius 2 is 1.68 bits per heavy atom. The van der Waals surface area contributed by atoms with Crippen LogP contribution in [-0.4, -0.2) is 8.42 Å². The first-order chi connectivity index (χ1) is 10.2. The highest BCUT2D eigenvalue weighted by atomic mass is 32.2. The molecule has 0 bridgehead atoms. The van der Waals surface area contributed by atoms with Crippen molar-refractivity contribution < 1.29 is 21.6 Å². The highest BCUT2D eigenvalue weighted by molar-refractivity contribution is 7.92. The van der Waals surface area contributed by atoms with E-state index in [-0.39, 0.29) is 11.6 Å². The molecule has 0 saturated heterocycles. The van der Waals surface area contributed by atoms with Gasteiger partial charge in [0, 0.05) is 5.69 Å². The maximum absolute atomic E-state index is 13.6. The second kappa shape index (κ2) is 6.00. The van der Waals surface area contributed by atoms with Crippen molar-refractivity contribution in [3.05, 3.63) is 59.4 Å². The van der Waals surface area contributed by atoms with Crippen molar-refractivity contribution in [2.24, 2.45) is 0 Å². The van der Waals surface area contributed by atoms with E-state index in [1.807, 2.05) is 19.9 Å². The number of halogens is 3. The summed E-state index contributed by atoms with van der Waals surface area (Å²) < 4.78 is 66.1. The molecule has 3 nitrogen and oxygen atoms in total. The Morgan fingerprint density at radius 1 is 1.00 bits per heavy atom. The lowest BCUT2D eigenvalue weighted by Crippen LogP contribution is -2.16. The van der Waals surface area contributed by atoms with Gasteiger partial charge in [0.25, 0.3) is 10.0 Å². The lowest BCUT2D eigenvalue weighted by Gasteiger charge is -2.12. The Labute approximate surface area is 126 Å². The number of hydrogen-bond donors (Lipinski definition) is 1. The maximum Gasteiger partial charge on any atom is 0.264 e. The molecule has 0 atom stereocenters. The van der Waals surface area contributed by atoms with E-state index < -0.39 is 32.4 Å². The fourth-order valence-electron chi connectivity index (χ4n) is 1.89. The van der Waals surface area contributed by atoms with Gasteiger partial charge in [-0.25, -0.2) is 21.6 Å². The van der Waals surface area contributed by atoms with Crippen molar-refractivity contribution in [1.29, 1.82) is 0 Å². The molecule has 0 saturated carbocycles. The molecule has 0 aliphatic rings. The molecule has 0 fully saturated rings. The van der Waals surface area contributed by atoms with Crippen LogP contribution in [0.5, 0.6) is 0 Å². The number of hydrogen-bond acceptors (Lipinski definition) is 2. The molecule has 0 heterocycles. The van der Waals surface area contributed by atoms with Crippen LogP contribution in [0, 0.1) is 17.5 Å². The standard InChI is InChI=1S/C15H14F3NO2S/c1-9(2)10-4-3-5-11(8-10)19-22(20,21)13-7-6-12(16)14(17)15(13)18/h3-9,19H,1-2H3. The minimum absolute atomic E-state index is 0.171. The summed E-state index contributed by atoms with van der Waals surface area (Å²) in [5.41, 5.74) is 1.10. The van der Waals surface area contributed by atoms with Crippen LogP contribution in [-0.2, 0) is 10.0 Å². The number of anilines is 1. The van der Waals surface area contributed by atoms with Crippen LogP contribution in [0.2, 0.25) is 0 Å². The first-order valence-corrected chi connectivity index (χ1v) is 7.97. The van der Waals surface area contributed by atoms with Crippen molar-refractivity contribution in [3.63, 3.8) is 0 Å². The summed E-state index contributed by atoms with van der Waals surface area (Å²) in [5.74, 6) is -4.84. The van der Waals surface area contributed by atoms with Gasteiger partial charge in [-0.3, -0.25) is 4.72 Å². The van der Waals surface area contributed by atoms with Crippen LogP contribution in [0.15, 0.2) is 41.3 Å². The molecule has 22 heavy (non-hydrogen) atoms. The third-order valence-corrected chi connectivity index (χ3v) is 4.49. The van der Waals surface area contributed by atoms with Gasteiger partial charge in [-0.15, -0.1) is 0 Å². The van der Waals surface area contributed by atoms with Gasteiger partial charge >= 0.3 is 0 Å². The van der Waals surface area contributed by atoms with Gasteiger partial charge in [-0.05, 0) is 35.7 Å². The van der Waals surface area contributed by atoms with E-state index in [1.165, 1.54) is 6.07 Å². The monoisotopic (exact) mass is 329 g/mol. The molecule has 0 aliphatic heterocycles. The number of sulfonamides is 1. The lowest BCUT2D eigenvalue weighted by atomic mass is 10.0. The first-order valence-electron chi connectivity index (χ1n) is 6.48. The minimum atomic E-state index is -4.36. The summed E-state index contributed by atoms with van der Waals surface area (Å²) >= 11 is 0. The zero-order chi connectivity index (χ0) is 16.5. The van der Waals surface area contributed by atoms with E-state index in [1.54, 1.807) is 12.1 Å². The van der Waals surface area contributed by atoms with Crippen LogP contribution >= 0.6 is 0 Å². The van der Waals surface area contributed by atoms with E-state index in [4.69, 9.17) is 0 Å². The molecule has 1 N–H and O–H groups in total. The molecule has 0 radical (unpaired) electrons. The molecule has 2 rings (SSSR count). The summed E-state index contributed by atoms with van der Waals surface area (Å²) in [6, 6.07) is 7.80. The van der Waals surface area contributed by atoms with Crippen molar-refractivity contribution in [2.45, 2.75) is 24.7 Å². The third-order valence-electron chi connectivity index (χ3n) is 3.09. The SMILES string of the molecule is CC(C)c1cccc(NS(=O)(=O)c2ccc(F)c(F)c2F)c1. The summed E-state index contributed by atoms with van der Waals surface area (Å²) in [7, 11) is -4.36. The molecule has 2 aromatic carbocycles. The molecule has 0 aromatic heterocycles. The van der Waals surface area contributed by atoms with E-state index in [0.717, 1.165) is 5.56 Å². The fourth-order valence-corrected chi connectivity index (χ4v) is 3.01. The smallest absolute Gasteiger partial charge is 0.264 e. The number of nitrogens with one attached hydrogen (secondary N) is 1. The lowest BCUT2D eigenvalue weighted by molar-refractivity contribution is 0.432. The van der Waals surface area contributed by atoms with Crippen molar-refractivity contribution in [1.82, 2.24) is 0 Å². The molecule has 0 amide bonds. The zero-order valence-electron chi connectivity index (χ0n) is 11.9. The van der Waals surface area contributed by atoms with E-state index in [0.29, 0.717) is 12.1 Å². The summed E-state index contributed by atoms with van der Waals surface area (Å²) in [6.07, 6.45) is 0. The Hall–Kier alpha value is -2.02. The van der Waals surface area contributed by atoms with Gasteiger partial charge in [-0.1, -0.05) is 26.0 Å². The molecule has 0 unspecified atom stereocenters. The fraction of sp³-hybridized carbons (Fsp3) is 0.200. The van der Waals surface area contributed by atoms with E-state index >= 15 is 0 Å². The topological polar surface area (TPSA) is 46.2 Å². The average molecular weight is 329 g/mol. The Morgan fingerprint density at radius 3 is 2.32 bits per heavy atom. The Bertz CT molecular complexity index is 804. The highest BCUT2D eigenvalue weighted by Gasteiger charge is 2.24. The Kier molecular flexibility index (Phi) is 4.46. The van der Waals surface area contributed by atoms with E-state index in [2.05, 4.69) is 4.72 Å². The molecule has 2 aromatic rings. The van der Waals surface area contributed by atoms with Crippen LogP contribution in [0.25, 0.3) is 0 Å². The van der Waals surface area contributed by atoms with Crippen LogP contribution in [0.4, 0.5) is 18.9 Å². The normalized spacial score (nSPS) is 11.7. The maximum atomic E-state index is 13.6. The minimum Gasteiger partial charge on any atom is -0.280 e. The summed E-state index contributed by atoms with van der Waals surface area (Å²) in [4.78, 5) is -0.943. The van der Waals surface area contributed by atoms with Crippen LogP contribution in [0.1, 0.15) is 25.3 Å². The predicted molar refractivity (Wildman–Crippen MR) is 77.7 cm³/mol. The third kappa shape index (κ3) is 3.24. The highest BCUT2D eigenvalue weighted by Crippen LogP contribution is 2.24. The molecule has 118 valence electrons. The molecule has 0 aliphatic carbocycles. The molecule has 7 heteroatoms. The Balaban J connectivity index is 2.40. The van der Waals surface area contributed by atoms with Crippen molar-refractivity contribution in [3.8, 4) is 0 Å². The van der Waals surface area contributed by atoms with Crippen molar-refractivity contribution >= 4 is 15.7 Å². The number of benzene rings is 2. The van der Waals surface area contributed by atoms with Gasteiger partial charge in [0.1, 0.15) is 4.90 Å². The number of rotatable bonds is 4. The second-order valence-corrected chi connectivity index (χ2v) is 6.71. The van der Waals surface area contributed by atoms with Gasteiger partial charge in [-0.2, -0.15) is 0 Å². The van der Waals surface area contributed by atoms with Crippen LogP contribution < -0.4 is 4.72 Å². The zero-order valence-corrected chi connectivity index (χ0v) is 12.7. The summed E-state index contributed by atoms with van der Waals surface area (Å²) in [5, 5.41) is 0. The molecule has 0 spiro atoms.